The second-order valence-electron chi connectivity index (χ2n) is 4.19. The molecule has 2 rings (SSSR count). The van der Waals surface area contributed by atoms with Crippen LogP contribution in [-0.2, 0) is 6.42 Å². The zero-order chi connectivity index (χ0) is 12.3. The highest BCUT2D eigenvalue weighted by Gasteiger charge is 2.03. The minimum Gasteiger partial charge on any atom is -0.330 e. The topological polar surface area (TPSA) is 26.0 Å². The summed E-state index contributed by atoms with van der Waals surface area (Å²) in [5, 5.41) is 0. The summed E-state index contributed by atoms with van der Waals surface area (Å²) in [6, 6.07) is 12.9. The minimum absolute atomic E-state index is 0.204. The fourth-order valence-electron chi connectivity index (χ4n) is 1.93. The molecule has 0 aliphatic rings. The first-order valence-corrected chi connectivity index (χ1v) is 5.76. The van der Waals surface area contributed by atoms with Gasteiger partial charge in [-0.05, 0) is 54.3 Å². The number of hydrogen-bond donors (Lipinski definition) is 1. The SMILES string of the molecule is Cc1ccc(CCN)cc1-c1ccc(F)cc1. The van der Waals surface area contributed by atoms with Gasteiger partial charge in [-0.3, -0.25) is 0 Å². The zero-order valence-corrected chi connectivity index (χ0v) is 9.91. The highest BCUT2D eigenvalue weighted by molar-refractivity contribution is 5.67. The van der Waals surface area contributed by atoms with Crippen LogP contribution in [0.25, 0.3) is 11.1 Å². The van der Waals surface area contributed by atoms with Gasteiger partial charge in [0.1, 0.15) is 5.82 Å². The van der Waals surface area contributed by atoms with Crippen molar-refractivity contribution < 1.29 is 4.39 Å². The highest BCUT2D eigenvalue weighted by atomic mass is 19.1. The van der Waals surface area contributed by atoms with E-state index in [2.05, 4.69) is 25.1 Å². The Morgan fingerprint density at radius 3 is 2.41 bits per heavy atom. The van der Waals surface area contributed by atoms with E-state index in [-0.39, 0.29) is 5.82 Å². The Morgan fingerprint density at radius 2 is 1.76 bits per heavy atom. The molecule has 0 saturated carbocycles. The molecule has 0 unspecified atom stereocenters. The lowest BCUT2D eigenvalue weighted by Gasteiger charge is -2.09. The molecule has 1 nitrogen and oxygen atoms in total. The summed E-state index contributed by atoms with van der Waals surface area (Å²) < 4.78 is 12.9. The standard InChI is InChI=1S/C15H16FN/c1-11-2-3-12(8-9-17)10-15(11)13-4-6-14(16)7-5-13/h2-7,10H,8-9,17H2,1H3. The number of hydrogen-bond acceptors (Lipinski definition) is 1. The van der Waals surface area contributed by atoms with Gasteiger partial charge in [0.25, 0.3) is 0 Å². The maximum atomic E-state index is 12.9. The van der Waals surface area contributed by atoms with Crippen molar-refractivity contribution in [1.82, 2.24) is 0 Å². The molecule has 0 bridgehead atoms. The van der Waals surface area contributed by atoms with Gasteiger partial charge in [0, 0.05) is 0 Å². The predicted octanol–water partition coefficient (Wildman–Crippen LogP) is 3.30. The number of benzene rings is 2. The third-order valence-electron chi connectivity index (χ3n) is 2.89. The maximum absolute atomic E-state index is 12.9. The second kappa shape index (κ2) is 5.11. The van der Waals surface area contributed by atoms with Crippen LogP contribution >= 0.6 is 0 Å². The van der Waals surface area contributed by atoms with E-state index in [0.29, 0.717) is 6.54 Å². The Kier molecular flexibility index (Phi) is 3.55. The molecule has 2 heteroatoms. The van der Waals surface area contributed by atoms with Crippen molar-refractivity contribution in [3.63, 3.8) is 0 Å². The van der Waals surface area contributed by atoms with Gasteiger partial charge in [-0.25, -0.2) is 4.39 Å². The Labute approximate surface area is 101 Å². The fraction of sp³-hybridized carbons (Fsp3) is 0.200. The van der Waals surface area contributed by atoms with E-state index in [0.717, 1.165) is 17.5 Å². The van der Waals surface area contributed by atoms with Crippen molar-refractivity contribution in [1.29, 1.82) is 0 Å². The predicted molar refractivity (Wildman–Crippen MR) is 69.3 cm³/mol. The average molecular weight is 229 g/mol. The van der Waals surface area contributed by atoms with E-state index >= 15 is 0 Å². The number of rotatable bonds is 3. The molecule has 17 heavy (non-hydrogen) atoms. The molecule has 0 atom stereocenters. The number of halogens is 1. The quantitative estimate of drug-likeness (QED) is 0.858. The van der Waals surface area contributed by atoms with Gasteiger partial charge in [0.05, 0.1) is 0 Å². The van der Waals surface area contributed by atoms with E-state index in [1.165, 1.54) is 23.3 Å². The normalized spacial score (nSPS) is 10.5. The Morgan fingerprint density at radius 1 is 1.06 bits per heavy atom. The van der Waals surface area contributed by atoms with Crippen molar-refractivity contribution in [3.8, 4) is 11.1 Å². The minimum atomic E-state index is -0.204. The summed E-state index contributed by atoms with van der Waals surface area (Å²) in [4.78, 5) is 0. The lowest BCUT2D eigenvalue weighted by atomic mass is 9.97. The molecule has 0 radical (unpaired) electrons. The molecule has 0 heterocycles. The number of aryl methyl sites for hydroxylation is 1. The van der Waals surface area contributed by atoms with Crippen LogP contribution in [0.5, 0.6) is 0 Å². The molecular weight excluding hydrogens is 213 g/mol. The highest BCUT2D eigenvalue weighted by Crippen LogP contribution is 2.24. The van der Waals surface area contributed by atoms with Crippen molar-refractivity contribution in [2.45, 2.75) is 13.3 Å². The van der Waals surface area contributed by atoms with Crippen molar-refractivity contribution in [2.24, 2.45) is 5.73 Å². The molecule has 2 aromatic carbocycles. The zero-order valence-electron chi connectivity index (χ0n) is 9.91. The average Bonchev–Trinajstić information content (AvgIpc) is 2.33. The van der Waals surface area contributed by atoms with Gasteiger partial charge in [0.15, 0.2) is 0 Å². The Hall–Kier alpha value is -1.67. The van der Waals surface area contributed by atoms with Crippen LogP contribution in [0.3, 0.4) is 0 Å². The third kappa shape index (κ3) is 2.71. The van der Waals surface area contributed by atoms with Crippen molar-refractivity contribution >= 4 is 0 Å². The Balaban J connectivity index is 2.42. The van der Waals surface area contributed by atoms with Crippen LogP contribution in [0.4, 0.5) is 4.39 Å². The van der Waals surface area contributed by atoms with E-state index in [4.69, 9.17) is 5.73 Å². The van der Waals surface area contributed by atoms with Gasteiger partial charge < -0.3 is 5.73 Å². The molecule has 88 valence electrons. The first kappa shape index (κ1) is 11.8. The van der Waals surface area contributed by atoms with Gasteiger partial charge in [-0.1, -0.05) is 30.3 Å². The maximum Gasteiger partial charge on any atom is 0.123 e. The van der Waals surface area contributed by atoms with Crippen LogP contribution in [-0.4, -0.2) is 6.54 Å². The first-order chi connectivity index (χ1) is 8.20. The monoisotopic (exact) mass is 229 g/mol. The molecule has 0 fully saturated rings. The summed E-state index contributed by atoms with van der Waals surface area (Å²) in [5.41, 5.74) is 10.2. The fourth-order valence-corrected chi connectivity index (χ4v) is 1.93. The summed E-state index contributed by atoms with van der Waals surface area (Å²) in [6.07, 6.45) is 0.870. The molecule has 0 amide bonds. The van der Waals surface area contributed by atoms with Crippen LogP contribution in [0.1, 0.15) is 11.1 Å². The van der Waals surface area contributed by atoms with E-state index in [1.807, 2.05) is 12.1 Å². The van der Waals surface area contributed by atoms with E-state index < -0.39 is 0 Å². The molecule has 0 saturated heterocycles. The first-order valence-electron chi connectivity index (χ1n) is 5.76. The molecule has 0 aliphatic heterocycles. The molecule has 0 spiro atoms. The van der Waals surface area contributed by atoms with Gasteiger partial charge in [-0.15, -0.1) is 0 Å². The molecule has 2 aromatic rings. The molecular formula is C15H16FN. The van der Waals surface area contributed by atoms with Crippen LogP contribution in [0.2, 0.25) is 0 Å². The lowest BCUT2D eigenvalue weighted by molar-refractivity contribution is 0.628. The van der Waals surface area contributed by atoms with Crippen LogP contribution in [0.15, 0.2) is 42.5 Å². The second-order valence-corrected chi connectivity index (χ2v) is 4.19. The molecule has 0 aromatic heterocycles. The molecule has 2 N–H and O–H groups in total. The van der Waals surface area contributed by atoms with Gasteiger partial charge in [0.2, 0.25) is 0 Å². The molecule has 0 aliphatic carbocycles. The van der Waals surface area contributed by atoms with Crippen LogP contribution < -0.4 is 5.73 Å². The largest absolute Gasteiger partial charge is 0.330 e. The van der Waals surface area contributed by atoms with Crippen LogP contribution in [0, 0.1) is 12.7 Å². The van der Waals surface area contributed by atoms with E-state index in [1.54, 1.807) is 0 Å². The van der Waals surface area contributed by atoms with Gasteiger partial charge >= 0.3 is 0 Å². The van der Waals surface area contributed by atoms with E-state index in [9.17, 15) is 4.39 Å². The van der Waals surface area contributed by atoms with Gasteiger partial charge in [-0.2, -0.15) is 0 Å². The summed E-state index contributed by atoms with van der Waals surface area (Å²) in [7, 11) is 0. The Bertz CT molecular complexity index is 503. The lowest BCUT2D eigenvalue weighted by Crippen LogP contribution is -2.02. The summed E-state index contributed by atoms with van der Waals surface area (Å²) in [6.45, 7) is 2.71. The summed E-state index contributed by atoms with van der Waals surface area (Å²) >= 11 is 0. The third-order valence-corrected chi connectivity index (χ3v) is 2.89. The van der Waals surface area contributed by atoms with Crippen molar-refractivity contribution in [3.05, 3.63) is 59.4 Å². The number of nitrogens with two attached hydrogens (primary N) is 1. The summed E-state index contributed by atoms with van der Waals surface area (Å²) in [5.74, 6) is -0.204. The van der Waals surface area contributed by atoms with Crippen molar-refractivity contribution in [2.75, 3.05) is 6.54 Å². The smallest absolute Gasteiger partial charge is 0.123 e.